The average Bonchev–Trinajstić information content (AvgIpc) is 2.46. The van der Waals surface area contributed by atoms with E-state index in [0.29, 0.717) is 5.69 Å². The number of anilines is 1. The molecule has 0 aromatic heterocycles. The first kappa shape index (κ1) is 16.8. The quantitative estimate of drug-likeness (QED) is 0.703. The van der Waals surface area contributed by atoms with Gasteiger partial charge < -0.3 is 20.5 Å². The molecule has 1 aromatic rings. The van der Waals surface area contributed by atoms with Gasteiger partial charge in [-0.3, -0.25) is 0 Å². The summed E-state index contributed by atoms with van der Waals surface area (Å²) in [6.07, 6.45) is 5.09. The Bertz CT molecular complexity index is 528. The normalized spacial score (nSPS) is 12.9. The van der Waals surface area contributed by atoms with Gasteiger partial charge in [0.05, 0.1) is 5.69 Å². The van der Waals surface area contributed by atoms with Gasteiger partial charge in [-0.2, -0.15) is 0 Å². The van der Waals surface area contributed by atoms with Crippen molar-refractivity contribution < 1.29 is 19.0 Å². The SMILES string of the molecule is C#CCOc1cc(F)ccc1NC(=O)NC(C)C(C)CO. The molecule has 0 saturated heterocycles. The van der Waals surface area contributed by atoms with Gasteiger partial charge in [0.15, 0.2) is 0 Å². The van der Waals surface area contributed by atoms with E-state index in [1.54, 1.807) is 6.92 Å². The largest absolute Gasteiger partial charge is 0.479 e. The van der Waals surface area contributed by atoms with Crippen molar-refractivity contribution in [3.63, 3.8) is 0 Å². The Labute approximate surface area is 123 Å². The van der Waals surface area contributed by atoms with Gasteiger partial charge in [0.25, 0.3) is 0 Å². The highest BCUT2D eigenvalue weighted by Gasteiger charge is 2.15. The summed E-state index contributed by atoms with van der Waals surface area (Å²) >= 11 is 0. The molecule has 3 N–H and O–H groups in total. The van der Waals surface area contributed by atoms with Crippen molar-refractivity contribution in [2.45, 2.75) is 19.9 Å². The van der Waals surface area contributed by atoms with Crippen LogP contribution in [0.3, 0.4) is 0 Å². The fourth-order valence-electron chi connectivity index (χ4n) is 1.50. The highest BCUT2D eigenvalue weighted by Crippen LogP contribution is 2.25. The van der Waals surface area contributed by atoms with E-state index in [9.17, 15) is 9.18 Å². The van der Waals surface area contributed by atoms with E-state index in [2.05, 4.69) is 16.6 Å². The summed E-state index contributed by atoms with van der Waals surface area (Å²) in [7, 11) is 0. The predicted octanol–water partition coefficient (Wildman–Crippen LogP) is 1.98. The summed E-state index contributed by atoms with van der Waals surface area (Å²) in [4.78, 5) is 11.9. The van der Waals surface area contributed by atoms with Crippen LogP contribution in [-0.2, 0) is 0 Å². The van der Waals surface area contributed by atoms with Gasteiger partial charge in [-0.25, -0.2) is 9.18 Å². The third-order valence-corrected chi connectivity index (χ3v) is 3.00. The zero-order valence-electron chi connectivity index (χ0n) is 12.0. The number of nitrogens with one attached hydrogen (secondary N) is 2. The fourth-order valence-corrected chi connectivity index (χ4v) is 1.50. The van der Waals surface area contributed by atoms with Crippen molar-refractivity contribution in [1.29, 1.82) is 0 Å². The predicted molar refractivity (Wildman–Crippen MR) is 78.6 cm³/mol. The maximum Gasteiger partial charge on any atom is 0.319 e. The summed E-state index contributed by atoms with van der Waals surface area (Å²) in [5.41, 5.74) is 0.313. The van der Waals surface area contributed by atoms with E-state index in [-0.39, 0.29) is 30.9 Å². The van der Waals surface area contributed by atoms with Crippen molar-refractivity contribution in [2.24, 2.45) is 5.92 Å². The number of carbonyl (C=O) groups is 1. The summed E-state index contributed by atoms with van der Waals surface area (Å²) in [6.45, 7) is 3.53. The molecule has 114 valence electrons. The molecule has 0 radical (unpaired) electrons. The van der Waals surface area contributed by atoms with Crippen molar-refractivity contribution in [2.75, 3.05) is 18.5 Å². The third-order valence-electron chi connectivity index (χ3n) is 3.00. The van der Waals surface area contributed by atoms with Gasteiger partial charge >= 0.3 is 6.03 Å². The van der Waals surface area contributed by atoms with Gasteiger partial charge in [0.1, 0.15) is 18.2 Å². The molecular formula is C15H19FN2O3. The maximum atomic E-state index is 13.2. The lowest BCUT2D eigenvalue weighted by molar-refractivity contribution is 0.204. The van der Waals surface area contributed by atoms with E-state index in [0.717, 1.165) is 6.07 Å². The molecule has 0 spiro atoms. The Morgan fingerprint density at radius 3 is 2.86 bits per heavy atom. The number of amides is 2. The molecule has 2 atom stereocenters. The first-order valence-corrected chi connectivity index (χ1v) is 6.52. The average molecular weight is 294 g/mol. The topological polar surface area (TPSA) is 70.6 Å². The molecule has 0 fully saturated rings. The molecule has 0 aliphatic carbocycles. The molecule has 6 heteroatoms. The molecule has 0 saturated carbocycles. The number of urea groups is 1. The molecule has 1 rings (SSSR count). The van der Waals surface area contributed by atoms with Crippen LogP contribution in [0.4, 0.5) is 14.9 Å². The number of benzene rings is 1. The van der Waals surface area contributed by atoms with Crippen molar-refractivity contribution >= 4 is 11.7 Å². The molecule has 0 heterocycles. The minimum absolute atomic E-state index is 0.0301. The Balaban J connectivity index is 2.73. The molecule has 2 amide bonds. The maximum absolute atomic E-state index is 13.2. The van der Waals surface area contributed by atoms with Crippen LogP contribution in [0, 0.1) is 24.1 Å². The zero-order valence-corrected chi connectivity index (χ0v) is 12.0. The summed E-state index contributed by atoms with van der Waals surface area (Å²) < 4.78 is 18.4. The van der Waals surface area contributed by atoms with Crippen LogP contribution in [-0.4, -0.2) is 30.4 Å². The van der Waals surface area contributed by atoms with Gasteiger partial charge in [0, 0.05) is 18.7 Å². The smallest absolute Gasteiger partial charge is 0.319 e. The molecule has 1 aromatic carbocycles. The number of ether oxygens (including phenoxy) is 1. The fraction of sp³-hybridized carbons (Fsp3) is 0.400. The molecule has 5 nitrogen and oxygen atoms in total. The van der Waals surface area contributed by atoms with Crippen molar-refractivity contribution in [3.8, 4) is 18.1 Å². The second kappa shape index (κ2) is 8.12. The first-order valence-electron chi connectivity index (χ1n) is 6.52. The molecule has 21 heavy (non-hydrogen) atoms. The lowest BCUT2D eigenvalue weighted by Crippen LogP contribution is -2.40. The lowest BCUT2D eigenvalue weighted by Gasteiger charge is -2.20. The highest BCUT2D eigenvalue weighted by atomic mass is 19.1. The van der Waals surface area contributed by atoms with Crippen molar-refractivity contribution in [3.05, 3.63) is 24.0 Å². The number of aliphatic hydroxyl groups excluding tert-OH is 1. The number of terminal acetylenes is 1. The zero-order chi connectivity index (χ0) is 15.8. The number of hydrogen-bond donors (Lipinski definition) is 3. The molecule has 0 aliphatic heterocycles. The lowest BCUT2D eigenvalue weighted by atomic mass is 10.1. The van der Waals surface area contributed by atoms with Crippen LogP contribution in [0.15, 0.2) is 18.2 Å². The van der Waals surface area contributed by atoms with Crippen LogP contribution >= 0.6 is 0 Å². The number of carbonyl (C=O) groups excluding carboxylic acids is 1. The summed E-state index contributed by atoms with van der Waals surface area (Å²) in [5.74, 6) is 1.86. The number of aliphatic hydroxyl groups is 1. The van der Waals surface area contributed by atoms with Crippen LogP contribution in [0.25, 0.3) is 0 Å². The number of halogens is 1. The Morgan fingerprint density at radius 2 is 2.24 bits per heavy atom. The van der Waals surface area contributed by atoms with E-state index in [1.165, 1.54) is 12.1 Å². The van der Waals surface area contributed by atoms with Gasteiger partial charge in [-0.15, -0.1) is 6.42 Å². The van der Waals surface area contributed by atoms with E-state index in [1.807, 2.05) is 6.92 Å². The molecule has 0 aliphatic rings. The Morgan fingerprint density at radius 1 is 1.52 bits per heavy atom. The van der Waals surface area contributed by atoms with Crippen LogP contribution < -0.4 is 15.4 Å². The third kappa shape index (κ3) is 5.32. The van der Waals surface area contributed by atoms with Crippen LogP contribution in [0.5, 0.6) is 5.75 Å². The van der Waals surface area contributed by atoms with E-state index < -0.39 is 11.8 Å². The van der Waals surface area contributed by atoms with Gasteiger partial charge in [-0.05, 0) is 25.0 Å². The van der Waals surface area contributed by atoms with Gasteiger partial charge in [0.2, 0.25) is 0 Å². The van der Waals surface area contributed by atoms with Crippen LogP contribution in [0.1, 0.15) is 13.8 Å². The summed E-state index contributed by atoms with van der Waals surface area (Å²) in [5, 5.41) is 14.3. The minimum Gasteiger partial charge on any atom is -0.479 e. The first-order chi connectivity index (χ1) is 9.97. The van der Waals surface area contributed by atoms with Gasteiger partial charge in [-0.1, -0.05) is 12.8 Å². The molecular weight excluding hydrogens is 275 g/mol. The molecule has 2 unspecified atom stereocenters. The minimum atomic E-state index is -0.491. The number of rotatable bonds is 6. The van der Waals surface area contributed by atoms with E-state index in [4.69, 9.17) is 16.3 Å². The van der Waals surface area contributed by atoms with Crippen LogP contribution in [0.2, 0.25) is 0 Å². The monoisotopic (exact) mass is 294 g/mol. The van der Waals surface area contributed by atoms with E-state index >= 15 is 0 Å². The standard InChI is InChI=1S/C15H19FN2O3/c1-4-7-21-14-8-12(16)5-6-13(14)18-15(20)17-11(3)10(2)9-19/h1,5-6,8,10-11,19H,7,9H2,2-3H3,(H2,17,18,20). The second-order valence-corrected chi connectivity index (χ2v) is 4.68. The Kier molecular flexibility index (Phi) is 6.50. The Hall–Kier alpha value is -2.26. The number of hydrogen-bond acceptors (Lipinski definition) is 3. The van der Waals surface area contributed by atoms with Crippen molar-refractivity contribution in [1.82, 2.24) is 5.32 Å². The summed E-state index contributed by atoms with van der Waals surface area (Å²) in [6, 6.07) is 3.05. The highest BCUT2D eigenvalue weighted by molar-refractivity contribution is 5.91. The molecule has 0 bridgehead atoms. The second-order valence-electron chi connectivity index (χ2n) is 4.68.